The molecule has 5 rings (SSSR count). The zero-order valence-electron chi connectivity index (χ0n) is 18.0. The average Bonchev–Trinajstić information content (AvgIpc) is 3.40. The van der Waals surface area contributed by atoms with E-state index in [0.717, 1.165) is 44.6 Å². The average molecular weight is 435 g/mol. The lowest BCUT2D eigenvalue weighted by molar-refractivity contribution is -0.223. The van der Waals surface area contributed by atoms with E-state index in [1.807, 2.05) is 12.3 Å². The van der Waals surface area contributed by atoms with Crippen molar-refractivity contribution in [3.63, 3.8) is 0 Å². The van der Waals surface area contributed by atoms with Crippen molar-refractivity contribution in [1.82, 2.24) is 19.5 Å². The molecule has 7 heteroatoms. The van der Waals surface area contributed by atoms with Gasteiger partial charge in [-0.15, -0.1) is 0 Å². The Hall–Kier alpha value is -3.03. The summed E-state index contributed by atoms with van der Waals surface area (Å²) in [7, 11) is 0. The Kier molecular flexibility index (Phi) is 5.76. The normalized spacial score (nSPS) is 18.5. The lowest BCUT2D eigenvalue weighted by atomic mass is 9.86. The van der Waals surface area contributed by atoms with E-state index in [1.165, 1.54) is 11.8 Å². The fourth-order valence-electron chi connectivity index (χ4n) is 4.87. The Morgan fingerprint density at radius 2 is 1.88 bits per heavy atom. The van der Waals surface area contributed by atoms with Crippen molar-refractivity contribution >= 4 is 5.91 Å². The van der Waals surface area contributed by atoms with E-state index in [1.54, 1.807) is 29.5 Å². The van der Waals surface area contributed by atoms with Gasteiger partial charge >= 0.3 is 0 Å². The Morgan fingerprint density at radius 1 is 1.03 bits per heavy atom. The molecule has 1 amide bonds. The van der Waals surface area contributed by atoms with Gasteiger partial charge in [0.2, 0.25) is 5.91 Å². The van der Waals surface area contributed by atoms with E-state index in [-0.39, 0.29) is 23.9 Å². The van der Waals surface area contributed by atoms with E-state index in [0.29, 0.717) is 12.0 Å². The fraction of sp³-hybridized carbons (Fsp3) is 0.360. The number of piperidine rings is 1. The van der Waals surface area contributed by atoms with Crippen molar-refractivity contribution in [1.29, 1.82) is 0 Å². The molecule has 0 N–H and O–H groups in total. The Labute approximate surface area is 187 Å². The highest BCUT2D eigenvalue weighted by Gasteiger charge is 2.48. The van der Waals surface area contributed by atoms with Gasteiger partial charge in [0.15, 0.2) is 0 Å². The zero-order chi connectivity index (χ0) is 22.0. The van der Waals surface area contributed by atoms with Crippen LogP contribution in [0.2, 0.25) is 0 Å². The van der Waals surface area contributed by atoms with Crippen LogP contribution >= 0.6 is 0 Å². The minimum absolute atomic E-state index is 0.000225. The van der Waals surface area contributed by atoms with Crippen LogP contribution in [0.1, 0.15) is 36.9 Å². The van der Waals surface area contributed by atoms with Crippen LogP contribution in [0.15, 0.2) is 67.1 Å². The number of halogens is 1. The molecular formula is C25H27FN4O2. The van der Waals surface area contributed by atoms with Gasteiger partial charge in [-0.2, -0.15) is 0 Å². The largest absolute Gasteiger partial charge is 0.318 e. The van der Waals surface area contributed by atoms with E-state index in [9.17, 15) is 9.18 Å². The van der Waals surface area contributed by atoms with Gasteiger partial charge in [-0.25, -0.2) is 9.45 Å². The number of amides is 1. The van der Waals surface area contributed by atoms with Crippen molar-refractivity contribution in [3.8, 4) is 5.69 Å². The summed E-state index contributed by atoms with van der Waals surface area (Å²) in [6.45, 7) is 2.67. The van der Waals surface area contributed by atoms with Crippen molar-refractivity contribution in [2.24, 2.45) is 0 Å². The number of hydrogen-bond donors (Lipinski definition) is 0. The number of nitrogens with zero attached hydrogens (tertiary/aromatic N) is 4. The van der Waals surface area contributed by atoms with Gasteiger partial charge in [0.05, 0.1) is 17.4 Å². The minimum Gasteiger partial charge on any atom is -0.318 e. The SMILES string of the molecule is O=C1CCC2(CCN(Cc3cccn3-c3cccnc3)CC2)N1OCc1ccccc1F. The van der Waals surface area contributed by atoms with Crippen LogP contribution in [0.3, 0.4) is 0 Å². The fourth-order valence-corrected chi connectivity index (χ4v) is 4.87. The second kappa shape index (κ2) is 8.84. The molecule has 3 aromatic rings. The summed E-state index contributed by atoms with van der Waals surface area (Å²) >= 11 is 0. The molecule has 1 spiro atoms. The minimum atomic E-state index is -0.306. The topological polar surface area (TPSA) is 50.6 Å². The summed E-state index contributed by atoms with van der Waals surface area (Å²) in [4.78, 5) is 25.1. The first-order valence-corrected chi connectivity index (χ1v) is 11.1. The molecule has 0 atom stereocenters. The monoisotopic (exact) mass is 434 g/mol. The molecule has 2 saturated heterocycles. The Balaban J connectivity index is 1.23. The van der Waals surface area contributed by atoms with Gasteiger partial charge in [0, 0.05) is 49.7 Å². The van der Waals surface area contributed by atoms with Crippen LogP contribution in [0.25, 0.3) is 5.69 Å². The molecule has 32 heavy (non-hydrogen) atoms. The second-order valence-electron chi connectivity index (χ2n) is 8.63. The molecule has 0 unspecified atom stereocenters. The van der Waals surface area contributed by atoms with Crippen LogP contribution in [-0.4, -0.2) is 44.0 Å². The molecule has 166 valence electrons. The predicted octanol–water partition coefficient (Wildman–Crippen LogP) is 4.10. The van der Waals surface area contributed by atoms with Crippen LogP contribution in [0, 0.1) is 5.82 Å². The highest BCUT2D eigenvalue weighted by Crippen LogP contribution is 2.40. The predicted molar refractivity (Wildman–Crippen MR) is 118 cm³/mol. The molecule has 2 aromatic heterocycles. The summed E-state index contributed by atoms with van der Waals surface area (Å²) in [5.41, 5.74) is 2.44. The highest BCUT2D eigenvalue weighted by atomic mass is 19.1. The smallest absolute Gasteiger partial charge is 0.246 e. The van der Waals surface area contributed by atoms with Gasteiger partial charge in [-0.1, -0.05) is 18.2 Å². The molecule has 6 nitrogen and oxygen atoms in total. The first-order valence-electron chi connectivity index (χ1n) is 11.1. The third-order valence-corrected chi connectivity index (χ3v) is 6.70. The van der Waals surface area contributed by atoms with Gasteiger partial charge in [0.1, 0.15) is 12.4 Å². The number of hydroxylamine groups is 2. The standard InChI is InChI=1S/C25H27FN4O2/c26-23-8-2-1-5-20(23)19-32-30-24(31)9-10-25(30)11-15-28(16-12-25)18-22-7-4-14-29(22)21-6-3-13-27-17-21/h1-8,13-14,17H,9-12,15-16,18-19H2. The van der Waals surface area contributed by atoms with Crippen molar-refractivity contribution < 1.29 is 14.0 Å². The molecular weight excluding hydrogens is 407 g/mol. The molecule has 0 radical (unpaired) electrons. The van der Waals surface area contributed by atoms with E-state index >= 15 is 0 Å². The van der Waals surface area contributed by atoms with Gasteiger partial charge in [-0.3, -0.25) is 19.5 Å². The number of likely N-dealkylation sites (tertiary alicyclic amines) is 1. The number of benzene rings is 1. The van der Waals surface area contributed by atoms with Gasteiger partial charge in [0.25, 0.3) is 0 Å². The summed E-state index contributed by atoms with van der Waals surface area (Å²) in [5.74, 6) is -0.306. The van der Waals surface area contributed by atoms with Gasteiger partial charge in [-0.05, 0) is 49.6 Å². The second-order valence-corrected chi connectivity index (χ2v) is 8.63. The maximum Gasteiger partial charge on any atom is 0.246 e. The maximum atomic E-state index is 14.0. The summed E-state index contributed by atoms with van der Waals surface area (Å²) < 4.78 is 16.2. The van der Waals surface area contributed by atoms with Crippen molar-refractivity contribution in [2.45, 2.75) is 44.4 Å². The number of rotatable bonds is 6. The number of pyridine rings is 1. The van der Waals surface area contributed by atoms with Crippen LogP contribution in [0.4, 0.5) is 4.39 Å². The lowest BCUT2D eigenvalue weighted by Crippen LogP contribution is -2.52. The van der Waals surface area contributed by atoms with Crippen LogP contribution in [0.5, 0.6) is 0 Å². The third kappa shape index (κ3) is 4.06. The van der Waals surface area contributed by atoms with E-state index < -0.39 is 0 Å². The molecule has 2 aliphatic rings. The molecule has 2 fully saturated rings. The van der Waals surface area contributed by atoms with Crippen LogP contribution in [-0.2, 0) is 22.8 Å². The Bertz CT molecular complexity index is 1080. The quantitative estimate of drug-likeness (QED) is 0.586. The molecule has 0 aliphatic carbocycles. The number of hydrogen-bond acceptors (Lipinski definition) is 4. The molecule has 1 aromatic carbocycles. The summed E-state index contributed by atoms with van der Waals surface area (Å²) in [5, 5.41) is 1.56. The van der Waals surface area contributed by atoms with Crippen LogP contribution < -0.4 is 0 Å². The number of carbonyl (C=O) groups is 1. The first kappa shape index (κ1) is 20.8. The molecule has 0 bridgehead atoms. The molecule has 4 heterocycles. The summed E-state index contributed by atoms with van der Waals surface area (Å²) in [6.07, 6.45) is 8.69. The number of carbonyl (C=O) groups excluding carboxylic acids is 1. The lowest BCUT2D eigenvalue weighted by Gasteiger charge is -2.43. The molecule has 0 saturated carbocycles. The van der Waals surface area contributed by atoms with Crippen molar-refractivity contribution in [3.05, 3.63) is 84.2 Å². The summed E-state index contributed by atoms with van der Waals surface area (Å²) in [6, 6.07) is 14.7. The van der Waals surface area contributed by atoms with E-state index in [2.05, 4.69) is 38.8 Å². The van der Waals surface area contributed by atoms with E-state index in [4.69, 9.17) is 4.84 Å². The number of aromatic nitrogens is 2. The zero-order valence-corrected chi connectivity index (χ0v) is 18.0. The van der Waals surface area contributed by atoms with Crippen molar-refractivity contribution in [2.75, 3.05) is 13.1 Å². The molecule has 2 aliphatic heterocycles. The van der Waals surface area contributed by atoms with Gasteiger partial charge < -0.3 is 4.57 Å². The Morgan fingerprint density at radius 3 is 2.66 bits per heavy atom. The first-order chi connectivity index (χ1) is 15.6. The third-order valence-electron chi connectivity index (χ3n) is 6.70. The highest BCUT2D eigenvalue weighted by molar-refractivity contribution is 5.78. The maximum absolute atomic E-state index is 14.0.